The highest BCUT2D eigenvalue weighted by Crippen LogP contribution is 2.60. The molecule has 0 saturated carbocycles. The molecule has 0 aliphatic carbocycles. The van der Waals surface area contributed by atoms with Crippen LogP contribution in [0.15, 0.2) is 35.2 Å². The van der Waals surface area contributed by atoms with Gasteiger partial charge in [-0.25, -0.2) is 0 Å². The van der Waals surface area contributed by atoms with E-state index in [4.69, 9.17) is 16.3 Å². The third-order valence-electron chi connectivity index (χ3n) is 1.86. The first-order chi connectivity index (χ1) is 6.79. The third-order valence-corrected chi connectivity index (χ3v) is 7.14. The van der Waals surface area contributed by atoms with E-state index in [1.54, 1.807) is 11.4 Å². The number of nitrogens with one attached hydrogen (secondary N) is 1. The summed E-state index contributed by atoms with van der Waals surface area (Å²) in [4.78, 5) is 1.19. The van der Waals surface area contributed by atoms with Gasteiger partial charge in [-0.3, -0.25) is 5.09 Å². The Bertz CT molecular complexity index is 334. The van der Waals surface area contributed by atoms with Crippen LogP contribution in [0, 0.1) is 0 Å². The van der Waals surface area contributed by atoms with E-state index in [1.165, 1.54) is 4.90 Å². The van der Waals surface area contributed by atoms with E-state index in [2.05, 4.69) is 17.2 Å². The maximum Gasteiger partial charge on any atom is 0.190 e. The van der Waals surface area contributed by atoms with E-state index >= 15 is 0 Å². The van der Waals surface area contributed by atoms with Crippen LogP contribution in [0.3, 0.4) is 0 Å². The van der Waals surface area contributed by atoms with Crippen LogP contribution in [-0.4, -0.2) is 13.2 Å². The van der Waals surface area contributed by atoms with Crippen LogP contribution in [0.4, 0.5) is 0 Å². The van der Waals surface area contributed by atoms with Crippen LogP contribution >= 0.6 is 17.0 Å². The summed E-state index contributed by atoms with van der Waals surface area (Å²) in [5, 5.41) is 3.31. The van der Waals surface area contributed by atoms with E-state index in [0.29, 0.717) is 0 Å². The topological polar surface area (TPSA) is 21.3 Å². The van der Waals surface area contributed by atoms with Crippen LogP contribution in [0.1, 0.15) is 6.42 Å². The van der Waals surface area contributed by atoms with E-state index in [9.17, 15) is 0 Å². The molecule has 5 heteroatoms. The predicted octanol–water partition coefficient (Wildman–Crippen LogP) is 3.01. The predicted molar refractivity (Wildman–Crippen MR) is 65.2 cm³/mol. The van der Waals surface area contributed by atoms with E-state index in [0.717, 1.165) is 19.6 Å². The second-order valence-corrected chi connectivity index (χ2v) is 9.55. The molecule has 1 aromatic carbocycles. The molecular weight excluding hydrogens is 233 g/mol. The number of hydrogen-bond acceptors (Lipinski definition) is 3. The second kappa shape index (κ2) is 4.77. The molecule has 0 spiro atoms. The van der Waals surface area contributed by atoms with Gasteiger partial charge in [0.2, 0.25) is 0 Å². The molecule has 1 atom stereocenters. The van der Waals surface area contributed by atoms with Crippen molar-refractivity contribution in [1.29, 1.82) is 0 Å². The van der Waals surface area contributed by atoms with Gasteiger partial charge in [0.25, 0.3) is 0 Å². The quantitative estimate of drug-likeness (QED) is 0.808. The van der Waals surface area contributed by atoms with Gasteiger partial charge in [0.15, 0.2) is 5.62 Å². The Kier molecular flexibility index (Phi) is 3.63. The van der Waals surface area contributed by atoms with Gasteiger partial charge in [0.05, 0.1) is 6.61 Å². The molecule has 0 radical (unpaired) electrons. The molecule has 1 N–H and O–H groups in total. The Hall–Kier alpha value is 0.140. The van der Waals surface area contributed by atoms with Crippen molar-refractivity contribution >= 4 is 28.8 Å². The summed E-state index contributed by atoms with van der Waals surface area (Å²) >= 11 is 7.14. The SMILES string of the molecule is S=P1(Sc2ccccc2)NCCCO1. The highest BCUT2D eigenvalue weighted by molar-refractivity contribution is 8.68. The minimum absolute atomic E-state index is 0.796. The molecule has 0 amide bonds. The standard InChI is InChI=1S/C9H12NOPS2/c13-12(10-7-4-8-11-12)14-9-5-2-1-3-6-9/h1-3,5-6H,4,7-8H2,(H,10,13). The molecule has 1 aromatic rings. The van der Waals surface area contributed by atoms with Gasteiger partial charge >= 0.3 is 0 Å². The molecule has 2 nitrogen and oxygen atoms in total. The molecule has 1 aliphatic heterocycles. The Labute approximate surface area is 93.3 Å². The molecule has 76 valence electrons. The summed E-state index contributed by atoms with van der Waals surface area (Å²) < 4.78 is 5.65. The van der Waals surface area contributed by atoms with Crippen molar-refractivity contribution in [3.63, 3.8) is 0 Å². The molecule has 1 unspecified atom stereocenters. The van der Waals surface area contributed by atoms with E-state index in [-0.39, 0.29) is 0 Å². The Morgan fingerprint density at radius 1 is 1.36 bits per heavy atom. The molecular formula is C9H12NOPS2. The van der Waals surface area contributed by atoms with Crippen LogP contribution < -0.4 is 5.09 Å². The zero-order chi connectivity index (χ0) is 9.86. The molecule has 1 heterocycles. The average molecular weight is 245 g/mol. The van der Waals surface area contributed by atoms with Crippen LogP contribution in [0.5, 0.6) is 0 Å². The lowest BCUT2D eigenvalue weighted by atomic mass is 10.4. The van der Waals surface area contributed by atoms with Crippen molar-refractivity contribution in [1.82, 2.24) is 5.09 Å². The maximum atomic E-state index is 5.65. The highest BCUT2D eigenvalue weighted by Gasteiger charge is 2.22. The first-order valence-corrected chi connectivity index (χ1v) is 8.67. The van der Waals surface area contributed by atoms with Crippen molar-refractivity contribution in [2.45, 2.75) is 11.3 Å². The fourth-order valence-corrected chi connectivity index (χ4v) is 6.08. The fraction of sp³-hybridized carbons (Fsp3) is 0.333. The van der Waals surface area contributed by atoms with Gasteiger partial charge in [0, 0.05) is 11.4 Å². The van der Waals surface area contributed by atoms with Crippen molar-refractivity contribution in [2.75, 3.05) is 13.2 Å². The Balaban J connectivity index is 2.06. The van der Waals surface area contributed by atoms with Crippen molar-refractivity contribution < 1.29 is 4.52 Å². The molecule has 2 rings (SSSR count). The van der Waals surface area contributed by atoms with Crippen molar-refractivity contribution in [3.05, 3.63) is 30.3 Å². The van der Waals surface area contributed by atoms with Crippen molar-refractivity contribution in [3.8, 4) is 0 Å². The van der Waals surface area contributed by atoms with Gasteiger partial charge in [-0.05, 0) is 41.7 Å². The largest absolute Gasteiger partial charge is 0.330 e. The van der Waals surface area contributed by atoms with Gasteiger partial charge < -0.3 is 4.52 Å². The number of benzene rings is 1. The summed E-state index contributed by atoms with van der Waals surface area (Å²) in [6.45, 7) is 1.78. The van der Waals surface area contributed by atoms with Gasteiger partial charge in [-0.1, -0.05) is 18.2 Å². The molecule has 14 heavy (non-hydrogen) atoms. The lowest BCUT2D eigenvalue weighted by Gasteiger charge is -2.26. The number of hydrogen-bond donors (Lipinski definition) is 1. The van der Waals surface area contributed by atoms with E-state index < -0.39 is 5.62 Å². The minimum Gasteiger partial charge on any atom is -0.330 e. The van der Waals surface area contributed by atoms with Crippen molar-refractivity contribution in [2.24, 2.45) is 0 Å². The Morgan fingerprint density at radius 2 is 2.14 bits per heavy atom. The minimum atomic E-state index is -1.84. The molecule has 1 saturated heterocycles. The summed E-state index contributed by atoms with van der Waals surface area (Å²) in [7, 11) is 0. The molecule has 1 aliphatic rings. The Morgan fingerprint density at radius 3 is 2.79 bits per heavy atom. The average Bonchev–Trinajstić information content (AvgIpc) is 2.19. The van der Waals surface area contributed by atoms with Crippen LogP contribution in [0.25, 0.3) is 0 Å². The lowest BCUT2D eigenvalue weighted by molar-refractivity contribution is 0.324. The summed E-state index contributed by atoms with van der Waals surface area (Å²) in [6.07, 6.45) is 1.06. The van der Waals surface area contributed by atoms with Gasteiger partial charge in [-0.2, -0.15) is 0 Å². The molecule has 1 fully saturated rings. The summed E-state index contributed by atoms with van der Waals surface area (Å²) in [5.74, 6) is 0. The normalized spacial score (nSPS) is 27.4. The zero-order valence-corrected chi connectivity index (χ0v) is 10.2. The smallest absolute Gasteiger partial charge is 0.190 e. The second-order valence-electron chi connectivity index (χ2n) is 3.00. The van der Waals surface area contributed by atoms with E-state index in [1.807, 2.05) is 18.2 Å². The fourth-order valence-electron chi connectivity index (χ4n) is 1.20. The first kappa shape index (κ1) is 10.7. The third kappa shape index (κ3) is 2.81. The molecule has 0 bridgehead atoms. The number of rotatable bonds is 2. The van der Waals surface area contributed by atoms with Gasteiger partial charge in [0.1, 0.15) is 0 Å². The lowest BCUT2D eigenvalue weighted by Crippen LogP contribution is -2.19. The highest BCUT2D eigenvalue weighted by atomic mass is 32.9. The van der Waals surface area contributed by atoms with Gasteiger partial charge in [-0.15, -0.1) is 0 Å². The summed E-state index contributed by atoms with van der Waals surface area (Å²) in [5.41, 5.74) is -1.84. The van der Waals surface area contributed by atoms with Crippen LogP contribution in [-0.2, 0) is 16.3 Å². The first-order valence-electron chi connectivity index (χ1n) is 4.53. The van der Waals surface area contributed by atoms with Crippen LogP contribution in [0.2, 0.25) is 0 Å². The summed E-state index contributed by atoms with van der Waals surface area (Å²) in [6, 6.07) is 10.2. The maximum absolute atomic E-state index is 5.65. The monoisotopic (exact) mass is 245 g/mol. The molecule has 0 aromatic heterocycles. The zero-order valence-electron chi connectivity index (χ0n) is 7.68.